The molecule has 0 N–H and O–H groups in total. The third-order valence-corrected chi connectivity index (χ3v) is 9.92. The van der Waals surface area contributed by atoms with Gasteiger partial charge in [-0.25, -0.2) is 0 Å². The van der Waals surface area contributed by atoms with E-state index in [2.05, 4.69) is 50.3 Å². The second kappa shape index (κ2) is 17.0. The lowest BCUT2D eigenvalue weighted by molar-refractivity contribution is -0.352. The van der Waals surface area contributed by atoms with E-state index in [1.807, 2.05) is 48.5 Å². The van der Waals surface area contributed by atoms with Gasteiger partial charge in [-0.05, 0) is 42.7 Å². The van der Waals surface area contributed by atoms with Crippen LogP contribution >= 0.6 is 0 Å². The van der Waals surface area contributed by atoms with E-state index in [0.717, 1.165) is 73.6 Å². The number of unbranched alkanes of at least 4 members (excludes halogenated alkanes) is 7. The first kappa shape index (κ1) is 38.7. The summed E-state index contributed by atoms with van der Waals surface area (Å²) in [4.78, 5) is 24.1. The predicted molar refractivity (Wildman–Crippen MR) is 185 cm³/mol. The predicted octanol–water partition coefficient (Wildman–Crippen LogP) is 8.50. The molecule has 0 aromatic heterocycles. The van der Waals surface area contributed by atoms with Crippen LogP contribution in [0, 0.1) is 11.3 Å². The molecular weight excluding hydrogens is 609 g/mol. The molecule has 2 aromatic carbocycles. The molecule has 1 aliphatic carbocycles. The van der Waals surface area contributed by atoms with Gasteiger partial charge >= 0.3 is 11.9 Å². The molecule has 2 aromatic rings. The van der Waals surface area contributed by atoms with Gasteiger partial charge in [-0.3, -0.25) is 9.59 Å². The molecule has 0 spiro atoms. The highest BCUT2D eigenvalue weighted by atomic mass is 28.2. The van der Waals surface area contributed by atoms with Gasteiger partial charge in [-0.15, -0.1) is 0 Å². The molecule has 0 heterocycles. The summed E-state index contributed by atoms with van der Waals surface area (Å²) in [6.07, 6.45) is 8.99. The summed E-state index contributed by atoms with van der Waals surface area (Å²) >= 11 is 0. The normalized spacial score (nSPS) is 24.7. The fraction of sp³-hybridized carbons (Fsp3) is 0.590. The van der Waals surface area contributed by atoms with Gasteiger partial charge in [0.2, 0.25) is 0 Å². The second-order valence-electron chi connectivity index (χ2n) is 13.7. The topological polar surface area (TPSA) is 80.3 Å². The maximum absolute atomic E-state index is 13.2. The van der Waals surface area contributed by atoms with Gasteiger partial charge in [0.05, 0.1) is 6.61 Å². The Hall–Kier alpha value is -2.78. The van der Waals surface area contributed by atoms with Gasteiger partial charge in [-0.1, -0.05) is 126 Å². The first-order chi connectivity index (χ1) is 22.4. The van der Waals surface area contributed by atoms with E-state index in [-0.39, 0.29) is 17.3 Å². The lowest BCUT2D eigenvalue weighted by atomic mass is 9.50. The number of methoxy groups -OCH3 is 2. The Kier molecular flexibility index (Phi) is 14.0. The molecule has 8 heteroatoms. The fourth-order valence-electron chi connectivity index (χ4n) is 8.11. The minimum atomic E-state index is -1.72. The summed E-state index contributed by atoms with van der Waals surface area (Å²) < 4.78 is 31.6. The Morgan fingerprint density at radius 2 is 1.26 bits per heavy atom. The maximum Gasteiger partial charge on any atom is 0.305 e. The van der Waals surface area contributed by atoms with Gasteiger partial charge in [0.15, 0.2) is 5.60 Å². The van der Waals surface area contributed by atoms with Crippen molar-refractivity contribution >= 4 is 22.4 Å². The Labute approximate surface area is 286 Å². The van der Waals surface area contributed by atoms with E-state index >= 15 is 0 Å². The fourth-order valence-corrected chi connectivity index (χ4v) is 8.42. The van der Waals surface area contributed by atoms with Gasteiger partial charge in [0, 0.05) is 39.6 Å². The summed E-state index contributed by atoms with van der Waals surface area (Å²) in [5, 5.41) is 0. The van der Waals surface area contributed by atoms with Crippen LogP contribution in [0.15, 0.2) is 71.8 Å². The Morgan fingerprint density at radius 1 is 0.745 bits per heavy atom. The number of esters is 2. The number of carbonyl (C=O) groups is 2. The largest absolute Gasteiger partial charge is 0.466 e. The number of hydrogen-bond donors (Lipinski definition) is 0. The molecule has 257 valence electrons. The molecular formula is C39H55O7Si. The molecule has 47 heavy (non-hydrogen) atoms. The first-order valence-electron chi connectivity index (χ1n) is 17.0. The van der Waals surface area contributed by atoms with Crippen molar-refractivity contribution in [2.75, 3.05) is 20.8 Å². The SMILES string of the molecule is COC1(c2ccccc2)C(C(C)(C)C)C(C)=C(CCCCCCCCCCOC(C)=O)C(O[Si])(OC(C)=O)C1(OC)c1ccccc1. The molecule has 0 fully saturated rings. The van der Waals surface area contributed by atoms with Crippen LogP contribution in [0.1, 0.15) is 110 Å². The van der Waals surface area contributed by atoms with E-state index < -0.39 is 23.0 Å². The summed E-state index contributed by atoms with van der Waals surface area (Å²) in [5.41, 5.74) is 0.586. The van der Waals surface area contributed by atoms with Crippen LogP contribution < -0.4 is 0 Å². The van der Waals surface area contributed by atoms with Crippen molar-refractivity contribution in [1.82, 2.24) is 0 Å². The van der Waals surface area contributed by atoms with Crippen LogP contribution in [0.2, 0.25) is 0 Å². The quantitative estimate of drug-likeness (QED) is 0.0552. The molecule has 0 bridgehead atoms. The number of rotatable bonds is 17. The van der Waals surface area contributed by atoms with E-state index in [1.165, 1.54) is 13.8 Å². The van der Waals surface area contributed by atoms with Gasteiger partial charge in [0.25, 0.3) is 16.3 Å². The maximum atomic E-state index is 13.2. The standard InChI is InChI=1S/C39H55O7Si/c1-29-34(27-21-13-11-9-10-12-14-22-28-44-30(2)40)39(46-47,45-31(3)41)38(43-8,33-25-19-16-20-26-33)37(42-7,35(29)36(4,5)6)32-23-17-15-18-24-32/h15-20,23-26,35H,9-14,21-22,27-28H2,1-8H3. The molecule has 4 atom stereocenters. The van der Waals surface area contributed by atoms with Crippen molar-refractivity contribution in [3.05, 3.63) is 82.9 Å². The van der Waals surface area contributed by atoms with Crippen molar-refractivity contribution < 1.29 is 33.0 Å². The molecule has 3 radical (unpaired) electrons. The Bertz CT molecular complexity index is 1320. The van der Waals surface area contributed by atoms with Crippen LogP contribution in [0.3, 0.4) is 0 Å². The van der Waals surface area contributed by atoms with E-state index in [0.29, 0.717) is 13.0 Å². The Balaban J connectivity index is 2.13. The zero-order valence-corrected chi connectivity index (χ0v) is 30.8. The average Bonchev–Trinajstić information content (AvgIpc) is 3.04. The van der Waals surface area contributed by atoms with Crippen LogP contribution in [-0.4, -0.2) is 49.0 Å². The lowest BCUT2D eigenvalue weighted by Crippen LogP contribution is -2.74. The number of ether oxygens (including phenoxy) is 4. The number of benzene rings is 2. The molecule has 0 saturated heterocycles. The molecule has 0 amide bonds. The van der Waals surface area contributed by atoms with Crippen molar-refractivity contribution in [2.45, 2.75) is 116 Å². The minimum Gasteiger partial charge on any atom is -0.466 e. The van der Waals surface area contributed by atoms with Gasteiger partial charge in [0.1, 0.15) is 5.60 Å². The Morgan fingerprint density at radius 3 is 1.70 bits per heavy atom. The lowest BCUT2D eigenvalue weighted by Gasteiger charge is -2.65. The highest BCUT2D eigenvalue weighted by Gasteiger charge is 2.76. The zero-order valence-electron chi connectivity index (χ0n) is 29.8. The monoisotopic (exact) mass is 663 g/mol. The van der Waals surface area contributed by atoms with Crippen molar-refractivity contribution in [3.8, 4) is 0 Å². The third kappa shape index (κ3) is 7.77. The highest BCUT2D eigenvalue weighted by molar-refractivity contribution is 5.98. The van der Waals surface area contributed by atoms with Crippen LogP contribution in [0.4, 0.5) is 0 Å². The average molecular weight is 664 g/mol. The molecule has 7 nitrogen and oxygen atoms in total. The minimum absolute atomic E-state index is 0.213. The molecule has 0 aliphatic heterocycles. The second-order valence-corrected chi connectivity index (χ2v) is 14.0. The summed E-state index contributed by atoms with van der Waals surface area (Å²) in [6, 6.07) is 20.0. The number of hydrogen-bond acceptors (Lipinski definition) is 7. The van der Waals surface area contributed by atoms with Crippen LogP contribution in [-0.2, 0) is 44.2 Å². The molecule has 0 saturated carbocycles. The first-order valence-corrected chi connectivity index (χ1v) is 17.4. The molecule has 1 aliphatic rings. The van der Waals surface area contributed by atoms with Gasteiger partial charge < -0.3 is 23.4 Å². The highest BCUT2D eigenvalue weighted by Crippen LogP contribution is 2.67. The third-order valence-electron chi connectivity index (χ3n) is 9.63. The smallest absolute Gasteiger partial charge is 0.305 e. The van der Waals surface area contributed by atoms with E-state index in [4.69, 9.17) is 23.4 Å². The van der Waals surface area contributed by atoms with Crippen LogP contribution in [0.25, 0.3) is 0 Å². The summed E-state index contributed by atoms with van der Waals surface area (Å²) in [5.74, 6) is -2.64. The zero-order chi connectivity index (χ0) is 34.7. The van der Waals surface area contributed by atoms with Crippen molar-refractivity contribution in [2.24, 2.45) is 11.3 Å². The number of carbonyl (C=O) groups excluding carboxylic acids is 2. The van der Waals surface area contributed by atoms with Crippen LogP contribution in [0.5, 0.6) is 0 Å². The molecule has 4 unspecified atom stereocenters. The van der Waals surface area contributed by atoms with E-state index in [1.54, 1.807) is 14.2 Å². The van der Waals surface area contributed by atoms with Crippen molar-refractivity contribution in [3.63, 3.8) is 0 Å². The summed E-state index contributed by atoms with van der Waals surface area (Å²) in [6.45, 7) is 12.2. The van der Waals surface area contributed by atoms with Crippen molar-refractivity contribution in [1.29, 1.82) is 0 Å². The van der Waals surface area contributed by atoms with Gasteiger partial charge in [-0.2, -0.15) is 0 Å². The van der Waals surface area contributed by atoms with E-state index in [9.17, 15) is 9.59 Å². The molecule has 3 rings (SSSR count). The summed E-state index contributed by atoms with van der Waals surface area (Å²) in [7, 11) is 6.83.